The zero-order valence-corrected chi connectivity index (χ0v) is 19.9. The van der Waals surface area contributed by atoms with Crippen LogP contribution in [0.15, 0.2) is 0 Å². The van der Waals surface area contributed by atoms with E-state index in [-0.39, 0.29) is 17.3 Å². The van der Waals surface area contributed by atoms with Crippen molar-refractivity contribution in [3.05, 3.63) is 0 Å². The van der Waals surface area contributed by atoms with Crippen molar-refractivity contribution in [1.29, 1.82) is 0 Å². The van der Waals surface area contributed by atoms with Gasteiger partial charge in [-0.3, -0.25) is 0 Å². The molecule has 0 spiro atoms. The summed E-state index contributed by atoms with van der Waals surface area (Å²) in [5.74, 6) is 4.16. The van der Waals surface area contributed by atoms with E-state index in [4.69, 9.17) is 5.11 Å². The van der Waals surface area contributed by atoms with Gasteiger partial charge in [0.05, 0.1) is 0 Å². The fourth-order valence-corrected chi connectivity index (χ4v) is 9.20. The number of halogens is 3. The summed E-state index contributed by atoms with van der Waals surface area (Å²) in [5, 5.41) is 7.00. The normalized spacial score (nSPS) is 46.7. The highest BCUT2D eigenvalue weighted by Crippen LogP contribution is 2.68. The molecule has 0 saturated heterocycles. The van der Waals surface area contributed by atoms with Gasteiger partial charge in [0.15, 0.2) is 0 Å². The molecular formula is C26H45F3O. The van der Waals surface area contributed by atoms with Crippen LogP contribution >= 0.6 is 0 Å². The molecule has 0 radical (unpaired) electrons. The second-order valence-corrected chi connectivity index (χ2v) is 11.7. The first-order valence-corrected chi connectivity index (χ1v) is 12.6. The molecule has 0 aromatic rings. The molecule has 4 heteroatoms. The Kier molecular flexibility index (Phi) is 7.27. The van der Waals surface area contributed by atoms with E-state index in [0.717, 1.165) is 37.2 Å². The minimum absolute atomic E-state index is 0.148. The van der Waals surface area contributed by atoms with Crippen LogP contribution in [0.1, 0.15) is 98.3 Å². The van der Waals surface area contributed by atoms with Crippen LogP contribution in [0.4, 0.5) is 13.2 Å². The van der Waals surface area contributed by atoms with Crippen molar-refractivity contribution in [2.24, 2.45) is 52.3 Å². The Morgan fingerprint density at radius 1 is 0.900 bits per heavy atom. The molecule has 0 aliphatic heterocycles. The Bertz CT molecular complexity index is 575. The molecule has 1 nitrogen and oxygen atoms in total. The van der Waals surface area contributed by atoms with E-state index in [1.807, 2.05) is 6.92 Å². The number of aliphatic hydroxyl groups excluding tert-OH is 1. The van der Waals surface area contributed by atoms with E-state index < -0.39 is 12.6 Å². The van der Waals surface area contributed by atoms with Crippen molar-refractivity contribution >= 4 is 0 Å². The standard InChI is InChI=1S/C25H41F3.CH4O/c1-5-17-10-12-23(3)18(14-17)6-7-19-21-9-8-20(16(2)15-25(26,27)28)24(21,4)13-11-22(19)23;1-2/h16-22H,5-15H2,1-4H3;2H,1H3/t16-,17-,18?,19-,20?,21?,22?,23-,24+;/m0./s1. The van der Waals surface area contributed by atoms with E-state index in [1.54, 1.807) is 0 Å². The Morgan fingerprint density at radius 2 is 1.53 bits per heavy atom. The molecule has 0 aromatic carbocycles. The average Bonchev–Trinajstić information content (AvgIpc) is 3.05. The van der Waals surface area contributed by atoms with Gasteiger partial charge in [0.25, 0.3) is 0 Å². The van der Waals surface area contributed by atoms with Crippen molar-refractivity contribution in [3.63, 3.8) is 0 Å². The zero-order valence-electron chi connectivity index (χ0n) is 19.9. The number of alkyl halides is 3. The van der Waals surface area contributed by atoms with Crippen molar-refractivity contribution in [1.82, 2.24) is 0 Å². The summed E-state index contributed by atoms with van der Waals surface area (Å²) in [6.45, 7) is 9.20. The van der Waals surface area contributed by atoms with E-state index in [2.05, 4.69) is 20.8 Å². The molecule has 0 aromatic heterocycles. The van der Waals surface area contributed by atoms with Crippen LogP contribution in [-0.2, 0) is 0 Å². The van der Waals surface area contributed by atoms with Crippen LogP contribution in [0, 0.1) is 52.3 Å². The second kappa shape index (κ2) is 8.94. The van der Waals surface area contributed by atoms with Gasteiger partial charge in [-0.1, -0.05) is 34.1 Å². The molecule has 4 unspecified atom stereocenters. The van der Waals surface area contributed by atoms with Gasteiger partial charge in [-0.2, -0.15) is 13.2 Å². The number of hydrogen-bond acceptors (Lipinski definition) is 1. The number of hydrogen-bond donors (Lipinski definition) is 1. The van der Waals surface area contributed by atoms with Crippen molar-refractivity contribution in [2.45, 2.75) is 105 Å². The predicted molar refractivity (Wildman–Crippen MR) is 117 cm³/mol. The SMILES string of the molecule is CC[C@H]1CC[C@@]2(C)C(CC[C@@H]3C2CC[C@@]2(C)C3CCC2[C@@H](C)CC(F)(F)F)C1.CO. The lowest BCUT2D eigenvalue weighted by molar-refractivity contribution is -0.156. The zero-order chi connectivity index (χ0) is 22.3. The largest absolute Gasteiger partial charge is 0.400 e. The summed E-state index contributed by atoms with van der Waals surface area (Å²) < 4.78 is 39.2. The molecule has 4 fully saturated rings. The summed E-state index contributed by atoms with van der Waals surface area (Å²) in [5.41, 5.74) is 0.654. The summed E-state index contributed by atoms with van der Waals surface area (Å²) >= 11 is 0. The number of rotatable bonds is 3. The molecule has 176 valence electrons. The lowest BCUT2D eigenvalue weighted by atomic mass is 9.44. The minimum Gasteiger partial charge on any atom is -0.400 e. The van der Waals surface area contributed by atoms with E-state index in [1.165, 1.54) is 57.8 Å². The van der Waals surface area contributed by atoms with Crippen LogP contribution in [0.25, 0.3) is 0 Å². The molecule has 4 saturated carbocycles. The topological polar surface area (TPSA) is 20.2 Å². The highest BCUT2D eigenvalue weighted by Gasteiger charge is 2.60. The highest BCUT2D eigenvalue weighted by atomic mass is 19.4. The fraction of sp³-hybridized carbons (Fsp3) is 1.00. The summed E-state index contributed by atoms with van der Waals surface area (Å²) in [6.07, 6.45) is 8.34. The van der Waals surface area contributed by atoms with Gasteiger partial charge in [0, 0.05) is 13.5 Å². The van der Waals surface area contributed by atoms with E-state index >= 15 is 0 Å². The lowest BCUT2D eigenvalue weighted by Crippen LogP contribution is -2.53. The van der Waals surface area contributed by atoms with Crippen molar-refractivity contribution < 1.29 is 18.3 Å². The smallest absolute Gasteiger partial charge is 0.389 e. The van der Waals surface area contributed by atoms with Gasteiger partial charge < -0.3 is 5.11 Å². The van der Waals surface area contributed by atoms with Crippen LogP contribution in [0.2, 0.25) is 0 Å². The van der Waals surface area contributed by atoms with Gasteiger partial charge in [0.1, 0.15) is 0 Å². The van der Waals surface area contributed by atoms with E-state index in [0.29, 0.717) is 11.3 Å². The molecule has 0 heterocycles. The molecule has 0 amide bonds. The Balaban J connectivity index is 0.00000124. The molecule has 1 N–H and O–H groups in total. The van der Waals surface area contributed by atoms with Crippen molar-refractivity contribution in [3.8, 4) is 0 Å². The van der Waals surface area contributed by atoms with Gasteiger partial charge in [-0.05, 0) is 110 Å². The average molecular weight is 431 g/mol. The Hall–Kier alpha value is -0.250. The third kappa shape index (κ3) is 4.20. The van der Waals surface area contributed by atoms with Crippen LogP contribution in [0.3, 0.4) is 0 Å². The molecule has 4 aliphatic rings. The maximum atomic E-state index is 13.1. The van der Waals surface area contributed by atoms with Crippen LogP contribution in [0.5, 0.6) is 0 Å². The van der Waals surface area contributed by atoms with Crippen LogP contribution in [-0.4, -0.2) is 18.4 Å². The quantitative estimate of drug-likeness (QED) is 0.483. The maximum absolute atomic E-state index is 13.1. The summed E-state index contributed by atoms with van der Waals surface area (Å²) in [6, 6.07) is 0. The van der Waals surface area contributed by atoms with Crippen LogP contribution < -0.4 is 0 Å². The molecule has 30 heavy (non-hydrogen) atoms. The maximum Gasteiger partial charge on any atom is 0.389 e. The number of fused-ring (bicyclic) bond motifs is 5. The lowest BCUT2D eigenvalue weighted by Gasteiger charge is -2.61. The molecule has 4 rings (SSSR count). The summed E-state index contributed by atoms with van der Waals surface area (Å²) in [7, 11) is 1.00. The van der Waals surface area contributed by atoms with Gasteiger partial charge >= 0.3 is 6.18 Å². The highest BCUT2D eigenvalue weighted by molar-refractivity contribution is 5.09. The fourth-order valence-electron chi connectivity index (χ4n) is 9.20. The third-order valence-corrected chi connectivity index (χ3v) is 10.7. The first-order valence-electron chi connectivity index (χ1n) is 12.6. The first kappa shape index (κ1) is 24.4. The van der Waals surface area contributed by atoms with Gasteiger partial charge in [-0.25, -0.2) is 0 Å². The van der Waals surface area contributed by atoms with Gasteiger partial charge in [0.2, 0.25) is 0 Å². The van der Waals surface area contributed by atoms with Gasteiger partial charge in [-0.15, -0.1) is 0 Å². The Morgan fingerprint density at radius 3 is 2.17 bits per heavy atom. The molecule has 4 aliphatic carbocycles. The molecular weight excluding hydrogens is 385 g/mol. The Labute approximate surface area is 182 Å². The monoisotopic (exact) mass is 430 g/mol. The third-order valence-electron chi connectivity index (χ3n) is 10.7. The predicted octanol–water partition coefficient (Wildman–Crippen LogP) is 7.87. The summed E-state index contributed by atoms with van der Waals surface area (Å²) in [4.78, 5) is 0. The number of aliphatic hydroxyl groups is 1. The molecule has 0 bridgehead atoms. The second-order valence-electron chi connectivity index (χ2n) is 11.7. The first-order chi connectivity index (χ1) is 14.1. The minimum atomic E-state index is -4.02. The molecule has 9 atom stereocenters. The van der Waals surface area contributed by atoms with Crippen molar-refractivity contribution in [2.75, 3.05) is 7.11 Å². The van der Waals surface area contributed by atoms with E-state index in [9.17, 15) is 13.2 Å².